The second-order valence-electron chi connectivity index (χ2n) is 4.96. The number of carbonyl (C=O) groups excluding carboxylic acids is 1. The molecule has 0 spiro atoms. The van der Waals surface area contributed by atoms with Gasteiger partial charge in [-0.05, 0) is 42.5 Å². The van der Waals surface area contributed by atoms with Crippen molar-refractivity contribution in [3.8, 4) is 11.4 Å². The van der Waals surface area contributed by atoms with Crippen LogP contribution in [0.3, 0.4) is 0 Å². The summed E-state index contributed by atoms with van der Waals surface area (Å²) in [6.07, 6.45) is 3.33. The molecule has 0 saturated heterocycles. The summed E-state index contributed by atoms with van der Waals surface area (Å²) in [6.45, 7) is 0. The number of hydrogen-bond donors (Lipinski definition) is 3. The fourth-order valence-corrected chi connectivity index (χ4v) is 2.22. The number of nitrogen functional groups attached to an aromatic ring is 2. The number of pyridine rings is 2. The quantitative estimate of drug-likeness (QED) is 0.645. The molecule has 0 aliphatic rings. The van der Waals surface area contributed by atoms with E-state index in [1.807, 2.05) is 18.2 Å². The predicted molar refractivity (Wildman–Crippen MR) is 90.7 cm³/mol. The molecule has 0 saturated carbocycles. The second-order valence-corrected chi connectivity index (χ2v) is 4.96. The first-order valence-electron chi connectivity index (χ1n) is 6.97. The van der Waals surface area contributed by atoms with Crippen LogP contribution < -0.4 is 16.8 Å². The first-order chi connectivity index (χ1) is 11.1. The Morgan fingerprint density at radius 1 is 0.913 bits per heavy atom. The van der Waals surface area contributed by atoms with Crippen molar-refractivity contribution in [3.05, 3.63) is 66.5 Å². The van der Waals surface area contributed by atoms with Gasteiger partial charge in [0.2, 0.25) is 0 Å². The van der Waals surface area contributed by atoms with Crippen LogP contribution in [0.2, 0.25) is 0 Å². The smallest absolute Gasteiger partial charge is 0.255 e. The van der Waals surface area contributed by atoms with E-state index in [0.717, 1.165) is 0 Å². The van der Waals surface area contributed by atoms with Crippen molar-refractivity contribution in [2.24, 2.45) is 0 Å². The molecule has 0 aliphatic carbocycles. The number of rotatable bonds is 3. The number of anilines is 3. The lowest BCUT2D eigenvalue weighted by atomic mass is 10.1. The Balaban J connectivity index is 1.93. The van der Waals surface area contributed by atoms with Crippen molar-refractivity contribution in [2.45, 2.75) is 0 Å². The molecule has 2 aromatic heterocycles. The third-order valence-corrected chi connectivity index (χ3v) is 3.20. The summed E-state index contributed by atoms with van der Waals surface area (Å²) in [6, 6.07) is 13.8. The number of nitrogens with one attached hydrogen (secondary N) is 1. The highest BCUT2D eigenvalue weighted by molar-refractivity contribution is 6.06. The molecule has 6 nitrogen and oxygen atoms in total. The highest BCUT2D eigenvalue weighted by atomic mass is 16.1. The topological polar surface area (TPSA) is 107 Å². The summed E-state index contributed by atoms with van der Waals surface area (Å²) in [5.74, 6) is -0.311. The normalized spacial score (nSPS) is 10.3. The molecule has 0 unspecified atom stereocenters. The highest BCUT2D eigenvalue weighted by Crippen LogP contribution is 2.24. The van der Waals surface area contributed by atoms with Gasteiger partial charge < -0.3 is 16.8 Å². The van der Waals surface area contributed by atoms with Gasteiger partial charge in [-0.15, -0.1) is 0 Å². The van der Waals surface area contributed by atoms with Crippen LogP contribution in [-0.4, -0.2) is 15.9 Å². The molecule has 0 atom stereocenters. The van der Waals surface area contributed by atoms with Crippen LogP contribution in [0.15, 0.2) is 60.9 Å². The molecule has 0 fully saturated rings. The molecule has 23 heavy (non-hydrogen) atoms. The summed E-state index contributed by atoms with van der Waals surface area (Å²) in [5.41, 5.74) is 14.6. The number of amides is 1. The largest absolute Gasteiger partial charge is 0.399 e. The molecule has 0 aliphatic heterocycles. The zero-order valence-electron chi connectivity index (χ0n) is 12.2. The van der Waals surface area contributed by atoms with E-state index in [9.17, 15) is 4.79 Å². The summed E-state index contributed by atoms with van der Waals surface area (Å²) >= 11 is 0. The van der Waals surface area contributed by atoms with Crippen molar-refractivity contribution < 1.29 is 4.79 Å². The monoisotopic (exact) mass is 305 g/mol. The van der Waals surface area contributed by atoms with Crippen LogP contribution in [0.5, 0.6) is 0 Å². The van der Waals surface area contributed by atoms with Gasteiger partial charge in [0.25, 0.3) is 5.91 Å². The van der Waals surface area contributed by atoms with Crippen LogP contribution >= 0.6 is 0 Å². The van der Waals surface area contributed by atoms with Crippen LogP contribution in [0, 0.1) is 0 Å². The molecular formula is C17H15N5O. The fourth-order valence-electron chi connectivity index (χ4n) is 2.22. The van der Waals surface area contributed by atoms with Crippen LogP contribution in [-0.2, 0) is 0 Å². The van der Waals surface area contributed by atoms with Gasteiger partial charge in [-0.3, -0.25) is 14.8 Å². The summed E-state index contributed by atoms with van der Waals surface area (Å²) in [4.78, 5) is 21.0. The van der Waals surface area contributed by atoms with Gasteiger partial charge in [0, 0.05) is 29.3 Å². The second kappa shape index (κ2) is 6.15. The molecule has 114 valence electrons. The Labute approximate surface area is 133 Å². The maximum Gasteiger partial charge on any atom is 0.255 e. The lowest BCUT2D eigenvalue weighted by molar-refractivity contribution is 0.102. The van der Waals surface area contributed by atoms with E-state index in [2.05, 4.69) is 15.3 Å². The minimum atomic E-state index is -0.311. The van der Waals surface area contributed by atoms with E-state index in [4.69, 9.17) is 11.5 Å². The molecule has 0 bridgehead atoms. The zero-order chi connectivity index (χ0) is 16.2. The van der Waals surface area contributed by atoms with E-state index in [1.54, 1.807) is 42.7 Å². The minimum Gasteiger partial charge on any atom is -0.399 e. The Bertz CT molecular complexity index is 828. The standard InChI is InChI=1S/C17H15N5O/c18-12-8-11(9-13(19)10-12)17(23)22-15-5-3-7-21-16(15)14-4-1-2-6-20-14/h1-10H,18-19H2,(H,22,23). The van der Waals surface area contributed by atoms with Crippen molar-refractivity contribution in [2.75, 3.05) is 16.8 Å². The molecule has 1 aromatic carbocycles. The van der Waals surface area contributed by atoms with Gasteiger partial charge in [-0.25, -0.2) is 0 Å². The molecule has 1 amide bonds. The Hall–Kier alpha value is -3.41. The summed E-state index contributed by atoms with van der Waals surface area (Å²) < 4.78 is 0. The van der Waals surface area contributed by atoms with Gasteiger partial charge in [0.15, 0.2) is 0 Å². The van der Waals surface area contributed by atoms with E-state index in [0.29, 0.717) is 34.0 Å². The average Bonchev–Trinajstić information content (AvgIpc) is 2.55. The summed E-state index contributed by atoms with van der Waals surface area (Å²) in [7, 11) is 0. The van der Waals surface area contributed by atoms with Gasteiger partial charge in [-0.2, -0.15) is 0 Å². The molecule has 6 heteroatoms. The van der Waals surface area contributed by atoms with E-state index >= 15 is 0 Å². The molecule has 3 rings (SSSR count). The summed E-state index contributed by atoms with van der Waals surface area (Å²) in [5, 5.41) is 2.83. The highest BCUT2D eigenvalue weighted by Gasteiger charge is 2.12. The Morgan fingerprint density at radius 2 is 1.65 bits per heavy atom. The molecular weight excluding hydrogens is 290 g/mol. The molecule has 5 N–H and O–H groups in total. The molecule has 0 radical (unpaired) electrons. The minimum absolute atomic E-state index is 0.311. The maximum atomic E-state index is 12.4. The SMILES string of the molecule is Nc1cc(N)cc(C(=O)Nc2cccnc2-c2ccccn2)c1. The van der Waals surface area contributed by atoms with Crippen molar-refractivity contribution in [3.63, 3.8) is 0 Å². The maximum absolute atomic E-state index is 12.4. The first-order valence-corrected chi connectivity index (χ1v) is 6.97. The molecule has 2 heterocycles. The van der Waals surface area contributed by atoms with Crippen LogP contribution in [0.4, 0.5) is 17.1 Å². The van der Waals surface area contributed by atoms with Gasteiger partial charge in [0.05, 0.1) is 11.4 Å². The Morgan fingerprint density at radius 3 is 2.35 bits per heavy atom. The third-order valence-electron chi connectivity index (χ3n) is 3.20. The van der Waals surface area contributed by atoms with E-state index in [1.165, 1.54) is 0 Å². The van der Waals surface area contributed by atoms with Gasteiger partial charge in [0.1, 0.15) is 5.69 Å². The lowest BCUT2D eigenvalue weighted by Gasteiger charge is -2.10. The van der Waals surface area contributed by atoms with Crippen molar-refractivity contribution in [1.82, 2.24) is 9.97 Å². The number of nitrogens with two attached hydrogens (primary N) is 2. The van der Waals surface area contributed by atoms with Gasteiger partial charge in [-0.1, -0.05) is 6.07 Å². The molecule has 3 aromatic rings. The fraction of sp³-hybridized carbons (Fsp3) is 0. The number of carbonyl (C=O) groups is 1. The lowest BCUT2D eigenvalue weighted by Crippen LogP contribution is -2.14. The first kappa shape index (κ1) is 14.5. The van der Waals surface area contributed by atoms with Crippen molar-refractivity contribution >= 4 is 23.0 Å². The number of aromatic nitrogens is 2. The van der Waals surface area contributed by atoms with Crippen molar-refractivity contribution in [1.29, 1.82) is 0 Å². The van der Waals surface area contributed by atoms with E-state index < -0.39 is 0 Å². The van der Waals surface area contributed by atoms with Gasteiger partial charge >= 0.3 is 0 Å². The average molecular weight is 305 g/mol. The van der Waals surface area contributed by atoms with Crippen LogP contribution in [0.1, 0.15) is 10.4 Å². The number of benzene rings is 1. The Kier molecular flexibility index (Phi) is 3.88. The third kappa shape index (κ3) is 3.26. The number of hydrogen-bond acceptors (Lipinski definition) is 5. The van der Waals surface area contributed by atoms with E-state index in [-0.39, 0.29) is 5.91 Å². The number of nitrogens with zero attached hydrogens (tertiary/aromatic N) is 2. The van der Waals surface area contributed by atoms with Crippen LogP contribution in [0.25, 0.3) is 11.4 Å². The zero-order valence-corrected chi connectivity index (χ0v) is 12.2. The predicted octanol–water partition coefficient (Wildman–Crippen LogP) is 2.56.